The van der Waals surface area contributed by atoms with E-state index in [4.69, 9.17) is 4.42 Å². The van der Waals surface area contributed by atoms with Crippen molar-refractivity contribution >= 4 is 33.4 Å². The largest absolute Gasteiger partial charge is 0.466 e. The Morgan fingerprint density at radius 2 is 1.95 bits per heavy atom. The van der Waals surface area contributed by atoms with E-state index >= 15 is 0 Å². The lowest BCUT2D eigenvalue weighted by Gasteiger charge is -2.06. The predicted octanol–water partition coefficient (Wildman–Crippen LogP) is 2.88. The number of nitrogens with zero attached hydrogens (tertiary/aromatic N) is 1. The van der Waals surface area contributed by atoms with E-state index in [1.807, 2.05) is 6.07 Å². The van der Waals surface area contributed by atoms with E-state index < -0.39 is 0 Å². The van der Waals surface area contributed by atoms with Gasteiger partial charge in [0.2, 0.25) is 0 Å². The molecule has 1 aliphatic heterocycles. The summed E-state index contributed by atoms with van der Waals surface area (Å²) in [4.78, 5) is 24.8. The van der Waals surface area contributed by atoms with Gasteiger partial charge < -0.3 is 9.73 Å². The van der Waals surface area contributed by atoms with Crippen LogP contribution in [0.3, 0.4) is 0 Å². The number of rotatable bonds is 3. The summed E-state index contributed by atoms with van der Waals surface area (Å²) < 4.78 is 6.18. The summed E-state index contributed by atoms with van der Waals surface area (Å²) in [5, 5.41) is 3.16. The van der Waals surface area contributed by atoms with Crippen LogP contribution in [0.2, 0.25) is 0 Å². The number of hydrogen-bond donors (Lipinski definition) is 1. The van der Waals surface area contributed by atoms with Gasteiger partial charge in [0.05, 0.1) is 28.4 Å². The summed E-state index contributed by atoms with van der Waals surface area (Å²) in [5.74, 6) is 0.239. The second-order valence-corrected chi connectivity index (χ2v) is 5.33. The number of carbonyl (C=O) groups is 2. The van der Waals surface area contributed by atoms with Gasteiger partial charge in [-0.05, 0) is 40.2 Å². The number of nitrogens with one attached hydrogen (secondary N) is 1. The van der Waals surface area contributed by atoms with Gasteiger partial charge in [-0.2, -0.15) is 0 Å². The summed E-state index contributed by atoms with van der Waals surface area (Å²) >= 11 is 3.38. The molecule has 0 saturated carbocycles. The van der Waals surface area contributed by atoms with Crippen molar-refractivity contribution in [2.75, 3.05) is 12.4 Å². The Balaban J connectivity index is 1.82. The molecule has 1 N–H and O–H groups in total. The first-order valence-corrected chi connectivity index (χ1v) is 6.79. The topological polar surface area (TPSA) is 62.6 Å². The monoisotopic (exact) mass is 334 g/mol. The first kappa shape index (κ1) is 12.9. The van der Waals surface area contributed by atoms with E-state index in [9.17, 15) is 9.59 Å². The van der Waals surface area contributed by atoms with E-state index in [-0.39, 0.29) is 11.8 Å². The smallest absolute Gasteiger partial charge is 0.261 e. The maximum absolute atomic E-state index is 11.9. The summed E-state index contributed by atoms with van der Waals surface area (Å²) in [6.45, 7) is 0.490. The second-order valence-electron chi connectivity index (χ2n) is 4.47. The molecule has 0 radical (unpaired) electrons. The van der Waals surface area contributed by atoms with Gasteiger partial charge in [-0.3, -0.25) is 14.5 Å². The van der Waals surface area contributed by atoms with E-state index in [1.54, 1.807) is 24.5 Å². The van der Waals surface area contributed by atoms with Gasteiger partial charge in [0.15, 0.2) is 0 Å². The molecule has 1 aromatic heterocycles. The molecule has 2 aromatic rings. The lowest BCUT2D eigenvalue weighted by molar-refractivity contribution is 0.0693. The van der Waals surface area contributed by atoms with E-state index in [2.05, 4.69) is 21.2 Å². The molecule has 0 atom stereocenters. The number of benzene rings is 1. The van der Waals surface area contributed by atoms with Crippen LogP contribution in [-0.4, -0.2) is 23.8 Å². The molecular formula is C14H11BrN2O3. The molecule has 5 nitrogen and oxygen atoms in total. The summed E-state index contributed by atoms with van der Waals surface area (Å²) in [5.41, 5.74) is 1.65. The molecule has 0 unspecified atom stereocenters. The highest BCUT2D eigenvalue weighted by atomic mass is 79.9. The van der Waals surface area contributed by atoms with Gasteiger partial charge in [0.25, 0.3) is 11.8 Å². The maximum Gasteiger partial charge on any atom is 0.261 e. The normalized spacial score (nSPS) is 13.8. The highest BCUT2D eigenvalue weighted by Crippen LogP contribution is 2.25. The third-order valence-corrected chi connectivity index (χ3v) is 3.94. The molecule has 0 aliphatic carbocycles. The number of carbonyl (C=O) groups excluding carboxylic acids is 2. The number of fused-ring (bicyclic) bond motifs is 1. The van der Waals surface area contributed by atoms with Crippen molar-refractivity contribution in [3.05, 3.63) is 51.9 Å². The number of hydrogen-bond acceptors (Lipinski definition) is 4. The quantitative estimate of drug-likeness (QED) is 0.876. The molecule has 3 rings (SSSR count). The zero-order valence-corrected chi connectivity index (χ0v) is 12.2. The molecule has 0 saturated heterocycles. The Morgan fingerprint density at radius 3 is 2.65 bits per heavy atom. The Hall–Kier alpha value is -2.08. The van der Waals surface area contributed by atoms with Crippen LogP contribution < -0.4 is 5.32 Å². The van der Waals surface area contributed by atoms with E-state index in [0.717, 1.165) is 20.8 Å². The number of anilines is 1. The highest BCUT2D eigenvalue weighted by Gasteiger charge is 2.32. The van der Waals surface area contributed by atoms with Gasteiger partial charge in [-0.15, -0.1) is 0 Å². The van der Waals surface area contributed by atoms with Gasteiger partial charge in [-0.25, -0.2) is 0 Å². The molecule has 1 aliphatic rings. The molecule has 2 heterocycles. The third kappa shape index (κ3) is 2.02. The zero-order chi connectivity index (χ0) is 14.3. The van der Waals surface area contributed by atoms with Crippen molar-refractivity contribution < 1.29 is 14.0 Å². The third-order valence-electron chi connectivity index (χ3n) is 3.23. The fourth-order valence-corrected chi connectivity index (χ4v) is 2.45. The minimum atomic E-state index is -0.271. The van der Waals surface area contributed by atoms with Crippen LogP contribution in [0.5, 0.6) is 0 Å². The van der Waals surface area contributed by atoms with Crippen LogP contribution in [0, 0.1) is 0 Å². The summed E-state index contributed by atoms with van der Waals surface area (Å²) in [7, 11) is 1.48. The van der Waals surface area contributed by atoms with Crippen LogP contribution in [0.4, 0.5) is 5.69 Å². The minimum absolute atomic E-state index is 0.259. The SMILES string of the molecule is CN1C(=O)c2ccc(NCc3occc3Br)cc2C1=O. The van der Waals surface area contributed by atoms with Gasteiger partial charge in [0, 0.05) is 12.7 Å². The van der Waals surface area contributed by atoms with Crippen molar-refractivity contribution in [1.29, 1.82) is 0 Å². The van der Waals surface area contributed by atoms with Gasteiger partial charge >= 0.3 is 0 Å². The van der Waals surface area contributed by atoms with Crippen LogP contribution >= 0.6 is 15.9 Å². The van der Waals surface area contributed by atoms with Crippen molar-refractivity contribution in [2.24, 2.45) is 0 Å². The average Bonchev–Trinajstić information content (AvgIpc) is 2.95. The predicted molar refractivity (Wildman–Crippen MR) is 76.6 cm³/mol. The molecule has 1 aromatic carbocycles. The highest BCUT2D eigenvalue weighted by molar-refractivity contribution is 9.10. The van der Waals surface area contributed by atoms with Crippen LogP contribution in [0.15, 0.2) is 39.4 Å². The lowest BCUT2D eigenvalue weighted by Crippen LogP contribution is -2.24. The van der Waals surface area contributed by atoms with Gasteiger partial charge in [-0.1, -0.05) is 0 Å². The van der Waals surface area contributed by atoms with Crippen LogP contribution in [0.25, 0.3) is 0 Å². The first-order valence-electron chi connectivity index (χ1n) is 6.00. The fraction of sp³-hybridized carbons (Fsp3) is 0.143. The van der Waals surface area contributed by atoms with Gasteiger partial charge in [0.1, 0.15) is 5.76 Å². The molecule has 2 amide bonds. The van der Waals surface area contributed by atoms with Crippen molar-refractivity contribution in [2.45, 2.75) is 6.54 Å². The summed E-state index contributed by atoms with van der Waals surface area (Å²) in [6.07, 6.45) is 1.60. The van der Waals surface area contributed by atoms with Crippen LogP contribution in [0.1, 0.15) is 26.5 Å². The maximum atomic E-state index is 11.9. The molecule has 0 fully saturated rings. The van der Waals surface area contributed by atoms with E-state index in [0.29, 0.717) is 17.7 Å². The standard InChI is InChI=1S/C14H11BrN2O3/c1-17-13(18)9-3-2-8(6-10(9)14(17)19)16-7-12-11(15)4-5-20-12/h2-6,16H,7H2,1H3. The molecule has 20 heavy (non-hydrogen) atoms. The zero-order valence-electron chi connectivity index (χ0n) is 10.6. The molecule has 6 heteroatoms. The lowest BCUT2D eigenvalue weighted by atomic mass is 10.1. The number of imide groups is 1. The van der Waals surface area contributed by atoms with Crippen molar-refractivity contribution in [3.63, 3.8) is 0 Å². The Kier molecular flexibility index (Phi) is 3.10. The molecular weight excluding hydrogens is 324 g/mol. The summed E-state index contributed by atoms with van der Waals surface area (Å²) in [6, 6.07) is 6.95. The number of furan rings is 1. The Bertz CT molecular complexity index is 708. The minimum Gasteiger partial charge on any atom is -0.466 e. The first-order chi connectivity index (χ1) is 9.58. The molecule has 0 bridgehead atoms. The Labute approximate surface area is 123 Å². The van der Waals surface area contributed by atoms with E-state index in [1.165, 1.54) is 7.05 Å². The second kappa shape index (κ2) is 4.79. The van der Waals surface area contributed by atoms with Crippen molar-refractivity contribution in [3.8, 4) is 0 Å². The van der Waals surface area contributed by atoms with Crippen LogP contribution in [-0.2, 0) is 6.54 Å². The number of amides is 2. The van der Waals surface area contributed by atoms with Crippen molar-refractivity contribution in [1.82, 2.24) is 4.90 Å². The number of halogens is 1. The molecule has 102 valence electrons. The average molecular weight is 335 g/mol. The molecule has 0 spiro atoms. The Morgan fingerprint density at radius 1 is 1.20 bits per heavy atom. The fourth-order valence-electron chi connectivity index (χ4n) is 2.10.